The van der Waals surface area contributed by atoms with Gasteiger partial charge in [-0.2, -0.15) is 5.10 Å². The summed E-state index contributed by atoms with van der Waals surface area (Å²) in [6, 6.07) is 1.57. The van der Waals surface area contributed by atoms with Gasteiger partial charge >= 0.3 is 0 Å². The highest BCUT2D eigenvalue weighted by molar-refractivity contribution is 6.32. The van der Waals surface area contributed by atoms with Crippen LogP contribution >= 0.6 is 11.6 Å². The van der Waals surface area contributed by atoms with Crippen LogP contribution < -0.4 is 5.32 Å². The Bertz CT molecular complexity index is 617. The topological polar surface area (TPSA) is 60.1 Å². The van der Waals surface area contributed by atoms with E-state index in [4.69, 9.17) is 16.0 Å². The Morgan fingerprint density at radius 2 is 2.47 bits per heavy atom. The van der Waals surface area contributed by atoms with E-state index in [1.54, 1.807) is 6.07 Å². The van der Waals surface area contributed by atoms with Gasteiger partial charge in [0.25, 0.3) is 5.91 Å². The van der Waals surface area contributed by atoms with E-state index in [1.807, 2.05) is 17.9 Å². The van der Waals surface area contributed by atoms with Gasteiger partial charge in [0.1, 0.15) is 0 Å². The molecule has 6 heteroatoms. The SMILES string of the molecule is Cn1ncc2c1CCCC2NC(=O)c1ccoc1Cl. The molecule has 1 N–H and O–H groups in total. The minimum Gasteiger partial charge on any atom is -0.452 e. The molecule has 0 aromatic carbocycles. The van der Waals surface area contributed by atoms with Crippen molar-refractivity contribution in [3.05, 3.63) is 40.6 Å². The molecule has 5 nitrogen and oxygen atoms in total. The number of carbonyl (C=O) groups is 1. The molecule has 1 aliphatic carbocycles. The maximum Gasteiger partial charge on any atom is 0.256 e. The van der Waals surface area contributed by atoms with Crippen LogP contribution in [-0.2, 0) is 13.5 Å². The second-order valence-corrected chi connectivity index (χ2v) is 5.04. The van der Waals surface area contributed by atoms with Crippen molar-refractivity contribution in [2.45, 2.75) is 25.3 Å². The second kappa shape index (κ2) is 4.74. The average Bonchev–Trinajstić information content (AvgIpc) is 2.97. The summed E-state index contributed by atoms with van der Waals surface area (Å²) in [6.07, 6.45) is 6.20. The Morgan fingerprint density at radius 3 is 3.21 bits per heavy atom. The molecule has 2 aromatic heterocycles. The third-order valence-corrected chi connectivity index (χ3v) is 3.84. The molecule has 0 fully saturated rings. The molecule has 1 amide bonds. The highest BCUT2D eigenvalue weighted by atomic mass is 35.5. The van der Waals surface area contributed by atoms with Gasteiger partial charge in [0.05, 0.1) is 24.1 Å². The standard InChI is InChI=1S/C13H14ClN3O2/c1-17-11-4-2-3-10(9(11)7-15-17)16-13(18)8-5-6-19-12(8)14/h5-7,10H,2-4H2,1H3,(H,16,18). The predicted molar refractivity (Wildman–Crippen MR) is 70.1 cm³/mol. The monoisotopic (exact) mass is 279 g/mol. The van der Waals surface area contributed by atoms with Crippen LogP contribution in [0.25, 0.3) is 0 Å². The molecule has 0 aliphatic heterocycles. The van der Waals surface area contributed by atoms with Gasteiger partial charge in [-0.05, 0) is 36.9 Å². The van der Waals surface area contributed by atoms with Crippen molar-refractivity contribution in [2.24, 2.45) is 7.05 Å². The number of hydrogen-bond acceptors (Lipinski definition) is 3. The van der Waals surface area contributed by atoms with Crippen molar-refractivity contribution in [2.75, 3.05) is 0 Å². The van der Waals surface area contributed by atoms with Gasteiger partial charge in [-0.25, -0.2) is 0 Å². The third-order valence-electron chi connectivity index (χ3n) is 3.54. The van der Waals surface area contributed by atoms with Crippen molar-refractivity contribution in [1.29, 1.82) is 0 Å². The Kier molecular flexibility index (Phi) is 3.06. The van der Waals surface area contributed by atoms with Crippen molar-refractivity contribution in [3.63, 3.8) is 0 Å². The van der Waals surface area contributed by atoms with Crippen LogP contribution in [0, 0.1) is 0 Å². The van der Waals surface area contributed by atoms with Gasteiger partial charge in [-0.1, -0.05) is 0 Å². The fraction of sp³-hybridized carbons (Fsp3) is 0.385. The number of carbonyl (C=O) groups excluding carboxylic acids is 1. The molecule has 2 aromatic rings. The summed E-state index contributed by atoms with van der Waals surface area (Å²) in [5.41, 5.74) is 2.66. The minimum atomic E-state index is -0.208. The number of aryl methyl sites for hydroxylation is 1. The Morgan fingerprint density at radius 1 is 1.63 bits per heavy atom. The summed E-state index contributed by atoms with van der Waals surface area (Å²) in [5.74, 6) is -0.208. The number of nitrogens with zero attached hydrogens (tertiary/aromatic N) is 2. The number of furan rings is 1. The fourth-order valence-electron chi connectivity index (χ4n) is 2.55. The van der Waals surface area contributed by atoms with Gasteiger partial charge < -0.3 is 9.73 Å². The van der Waals surface area contributed by atoms with E-state index in [1.165, 1.54) is 12.0 Å². The van der Waals surface area contributed by atoms with Crippen molar-refractivity contribution >= 4 is 17.5 Å². The minimum absolute atomic E-state index is 0.00378. The number of amides is 1. The van der Waals surface area contributed by atoms with E-state index < -0.39 is 0 Å². The average molecular weight is 280 g/mol. The molecule has 0 saturated carbocycles. The molecule has 19 heavy (non-hydrogen) atoms. The maximum absolute atomic E-state index is 12.1. The van der Waals surface area contributed by atoms with Gasteiger partial charge in [-0.3, -0.25) is 9.48 Å². The second-order valence-electron chi connectivity index (χ2n) is 4.70. The zero-order chi connectivity index (χ0) is 13.4. The molecule has 0 radical (unpaired) electrons. The fourth-order valence-corrected chi connectivity index (χ4v) is 2.75. The van der Waals surface area contributed by atoms with Gasteiger partial charge in [0.15, 0.2) is 0 Å². The Balaban J connectivity index is 1.82. The molecule has 0 saturated heterocycles. The molecule has 0 spiro atoms. The van der Waals surface area contributed by atoms with E-state index in [9.17, 15) is 4.79 Å². The first-order valence-electron chi connectivity index (χ1n) is 6.21. The van der Waals surface area contributed by atoms with Gasteiger partial charge in [0, 0.05) is 18.3 Å². The van der Waals surface area contributed by atoms with Crippen LogP contribution in [0.1, 0.15) is 40.5 Å². The zero-order valence-electron chi connectivity index (χ0n) is 10.5. The normalized spacial score (nSPS) is 18.1. The molecular formula is C13H14ClN3O2. The molecule has 0 bridgehead atoms. The first-order chi connectivity index (χ1) is 9.16. The molecule has 100 valence electrons. The van der Waals surface area contributed by atoms with E-state index in [2.05, 4.69) is 10.4 Å². The highest BCUT2D eigenvalue weighted by Crippen LogP contribution is 2.29. The van der Waals surface area contributed by atoms with Crippen LogP contribution in [0.3, 0.4) is 0 Å². The van der Waals surface area contributed by atoms with Crippen molar-refractivity contribution in [3.8, 4) is 0 Å². The number of nitrogens with one attached hydrogen (secondary N) is 1. The van der Waals surface area contributed by atoms with Crippen LogP contribution in [0.15, 0.2) is 22.9 Å². The molecule has 3 rings (SSSR count). The number of halogens is 1. The Hall–Kier alpha value is -1.75. The first-order valence-corrected chi connectivity index (χ1v) is 6.59. The quantitative estimate of drug-likeness (QED) is 0.919. The number of rotatable bonds is 2. The van der Waals surface area contributed by atoms with E-state index in [0.717, 1.165) is 24.8 Å². The molecule has 1 atom stereocenters. The third kappa shape index (κ3) is 2.14. The number of aromatic nitrogens is 2. The van der Waals surface area contributed by atoms with Gasteiger partial charge in [0.2, 0.25) is 5.22 Å². The van der Waals surface area contributed by atoms with Crippen LogP contribution in [0.5, 0.6) is 0 Å². The summed E-state index contributed by atoms with van der Waals surface area (Å²) < 4.78 is 6.81. The van der Waals surface area contributed by atoms with E-state index >= 15 is 0 Å². The summed E-state index contributed by atoms with van der Waals surface area (Å²) >= 11 is 5.81. The van der Waals surface area contributed by atoms with Crippen LogP contribution in [0.2, 0.25) is 5.22 Å². The highest BCUT2D eigenvalue weighted by Gasteiger charge is 2.26. The van der Waals surface area contributed by atoms with Crippen molar-refractivity contribution in [1.82, 2.24) is 15.1 Å². The molecule has 2 heterocycles. The van der Waals surface area contributed by atoms with E-state index in [-0.39, 0.29) is 17.2 Å². The first kappa shape index (κ1) is 12.3. The molecular weight excluding hydrogens is 266 g/mol. The summed E-state index contributed by atoms with van der Waals surface area (Å²) in [5, 5.41) is 7.38. The Labute approximate surface area is 115 Å². The lowest BCUT2D eigenvalue weighted by molar-refractivity contribution is 0.0932. The summed E-state index contributed by atoms with van der Waals surface area (Å²) in [7, 11) is 1.93. The lowest BCUT2D eigenvalue weighted by Crippen LogP contribution is -2.30. The zero-order valence-corrected chi connectivity index (χ0v) is 11.3. The van der Waals surface area contributed by atoms with E-state index in [0.29, 0.717) is 5.56 Å². The smallest absolute Gasteiger partial charge is 0.256 e. The maximum atomic E-state index is 12.1. The predicted octanol–water partition coefficient (Wildman–Crippen LogP) is 2.47. The molecule has 1 aliphatic rings. The summed E-state index contributed by atoms with van der Waals surface area (Å²) in [6.45, 7) is 0. The van der Waals surface area contributed by atoms with Gasteiger partial charge in [-0.15, -0.1) is 0 Å². The van der Waals surface area contributed by atoms with Crippen LogP contribution in [-0.4, -0.2) is 15.7 Å². The lowest BCUT2D eigenvalue weighted by atomic mass is 9.93. The number of hydrogen-bond donors (Lipinski definition) is 1. The van der Waals surface area contributed by atoms with Crippen LogP contribution in [0.4, 0.5) is 0 Å². The lowest BCUT2D eigenvalue weighted by Gasteiger charge is -2.23. The summed E-state index contributed by atoms with van der Waals surface area (Å²) in [4.78, 5) is 12.1. The largest absolute Gasteiger partial charge is 0.452 e. The van der Waals surface area contributed by atoms with Crippen molar-refractivity contribution < 1.29 is 9.21 Å². The number of fused-ring (bicyclic) bond motifs is 1. The molecule has 1 unspecified atom stereocenters.